The number of nitrogens with zero attached hydrogens (tertiary/aromatic N) is 1. The number of aliphatic hydroxyl groups is 1. The van der Waals surface area contributed by atoms with Gasteiger partial charge in [0.25, 0.3) is 0 Å². The zero-order chi connectivity index (χ0) is 5.70. The van der Waals surface area contributed by atoms with E-state index < -0.39 is 0 Å². The molecule has 0 aromatic rings. The summed E-state index contributed by atoms with van der Waals surface area (Å²) in [6.45, 7) is 6.12. The van der Waals surface area contributed by atoms with Crippen molar-refractivity contribution in [3.05, 3.63) is 0 Å². The van der Waals surface area contributed by atoms with Gasteiger partial charge in [-0.2, -0.15) is 0 Å². The van der Waals surface area contributed by atoms with Gasteiger partial charge in [-0.25, -0.2) is 0 Å². The van der Waals surface area contributed by atoms with Gasteiger partial charge in [0.2, 0.25) is 0 Å². The molecule has 2 heteroatoms. The van der Waals surface area contributed by atoms with Crippen molar-refractivity contribution in [2.45, 2.75) is 13.8 Å². The molecule has 0 aliphatic carbocycles. The Bertz CT molecular complexity index is 29.6. The van der Waals surface area contributed by atoms with E-state index in [1.807, 2.05) is 18.7 Å². The fourth-order valence-electron chi connectivity index (χ4n) is 0.424. The molecule has 0 spiro atoms. The van der Waals surface area contributed by atoms with E-state index in [2.05, 4.69) is 0 Å². The Balaban J connectivity index is 2.99. The summed E-state index contributed by atoms with van der Waals surface area (Å²) in [5, 5.41) is 8.45. The van der Waals surface area contributed by atoms with Crippen molar-refractivity contribution in [1.29, 1.82) is 0 Å². The molecule has 0 aliphatic rings. The Morgan fingerprint density at radius 2 is 1.71 bits per heavy atom. The first-order valence-electron chi connectivity index (χ1n) is 2.68. The van der Waals surface area contributed by atoms with Crippen LogP contribution in [0, 0.1) is 0 Å². The molecule has 0 aliphatic heterocycles. The average molecular weight is 103 g/mol. The lowest BCUT2D eigenvalue weighted by atomic mass is 10.6. The fraction of sp³-hybridized carbons (Fsp3) is 1.00. The molecule has 0 rings (SSSR count). The van der Waals surface area contributed by atoms with Crippen molar-refractivity contribution in [2.75, 3.05) is 19.8 Å². The maximum absolute atomic E-state index is 8.45. The Morgan fingerprint density at radius 1 is 1.29 bits per heavy atom. The molecule has 0 unspecified atom stereocenters. The molecule has 2 nitrogen and oxygen atoms in total. The van der Waals surface area contributed by atoms with Crippen LogP contribution < -0.4 is 0 Å². The Labute approximate surface area is 44.8 Å². The third-order valence-corrected chi connectivity index (χ3v) is 1.09. The van der Waals surface area contributed by atoms with Crippen molar-refractivity contribution in [3.8, 4) is 0 Å². The van der Waals surface area contributed by atoms with Gasteiger partial charge < -0.3 is 5.11 Å². The summed E-state index contributed by atoms with van der Waals surface area (Å²) in [5.41, 5.74) is 0. The van der Waals surface area contributed by atoms with Crippen LogP contribution in [0.15, 0.2) is 0 Å². The van der Waals surface area contributed by atoms with Crippen LogP contribution in [0.2, 0.25) is 0 Å². The van der Waals surface area contributed by atoms with Crippen LogP contribution in [-0.4, -0.2) is 29.8 Å². The highest BCUT2D eigenvalue weighted by Crippen LogP contribution is 1.79. The molecule has 44 valence electrons. The molecule has 0 fully saturated rings. The van der Waals surface area contributed by atoms with E-state index in [0.717, 1.165) is 13.1 Å². The zero-order valence-corrected chi connectivity index (χ0v) is 5.02. The number of rotatable bonds is 3. The van der Waals surface area contributed by atoms with E-state index in [4.69, 9.17) is 5.11 Å². The summed E-state index contributed by atoms with van der Waals surface area (Å²) in [5.74, 6) is 0. The van der Waals surface area contributed by atoms with E-state index in [1.54, 1.807) is 0 Å². The Morgan fingerprint density at radius 3 is 1.71 bits per heavy atom. The number of hydrogen-bond donors (Lipinski definition) is 1. The van der Waals surface area contributed by atoms with Gasteiger partial charge in [-0.3, -0.25) is 4.90 Å². The van der Waals surface area contributed by atoms with Crippen molar-refractivity contribution in [1.82, 2.24) is 4.90 Å². The predicted molar refractivity (Wildman–Crippen MR) is 30.0 cm³/mol. The largest absolute Gasteiger partial charge is 0.381 e. The molecule has 7 heavy (non-hydrogen) atoms. The molecule has 1 N–H and O–H groups in total. The van der Waals surface area contributed by atoms with Gasteiger partial charge in [-0.15, -0.1) is 0 Å². The van der Waals surface area contributed by atoms with Gasteiger partial charge in [0.1, 0.15) is 0 Å². The summed E-state index contributed by atoms with van der Waals surface area (Å²) in [4.78, 5) is 1.93. The third kappa shape index (κ3) is 2.60. The second-order valence-corrected chi connectivity index (χ2v) is 1.44. The van der Waals surface area contributed by atoms with Gasteiger partial charge in [-0.1, -0.05) is 13.8 Å². The van der Waals surface area contributed by atoms with Gasteiger partial charge >= 0.3 is 0 Å². The minimum atomic E-state index is 0.188. The van der Waals surface area contributed by atoms with Crippen LogP contribution in [0.1, 0.15) is 13.8 Å². The van der Waals surface area contributed by atoms with Gasteiger partial charge in [0.15, 0.2) is 0 Å². The Hall–Kier alpha value is -0.0800. The van der Waals surface area contributed by atoms with Crippen molar-refractivity contribution in [3.63, 3.8) is 0 Å². The van der Waals surface area contributed by atoms with Gasteiger partial charge in [0.05, 0.1) is 6.73 Å². The molecule has 0 atom stereocenters. The molecule has 0 aromatic heterocycles. The monoisotopic (exact) mass is 103 g/mol. The topological polar surface area (TPSA) is 23.5 Å². The first-order valence-corrected chi connectivity index (χ1v) is 2.68. The predicted octanol–water partition coefficient (Wildman–Crippen LogP) is 0.278. The Kier molecular flexibility index (Phi) is 4.04. The lowest BCUT2D eigenvalue weighted by Gasteiger charge is -2.12. The van der Waals surface area contributed by atoms with E-state index in [0.29, 0.717) is 0 Å². The second kappa shape index (κ2) is 4.09. The van der Waals surface area contributed by atoms with Crippen LogP contribution in [0.25, 0.3) is 0 Å². The quantitative estimate of drug-likeness (QED) is 0.518. The summed E-state index contributed by atoms with van der Waals surface area (Å²) in [7, 11) is 0. The smallest absolute Gasteiger partial charge is 0.0956 e. The normalized spacial score (nSPS) is 10.3. The van der Waals surface area contributed by atoms with Crippen LogP contribution >= 0.6 is 0 Å². The zero-order valence-electron chi connectivity index (χ0n) is 5.02. The molecule has 0 heterocycles. The second-order valence-electron chi connectivity index (χ2n) is 1.44. The maximum atomic E-state index is 8.45. The lowest BCUT2D eigenvalue weighted by molar-refractivity contribution is 0.118. The maximum Gasteiger partial charge on any atom is 0.0956 e. The molecule has 0 radical (unpaired) electrons. The molecule has 0 bridgehead atoms. The van der Waals surface area contributed by atoms with Crippen LogP contribution in [0.3, 0.4) is 0 Å². The van der Waals surface area contributed by atoms with E-state index in [-0.39, 0.29) is 6.73 Å². The van der Waals surface area contributed by atoms with Crippen molar-refractivity contribution in [2.24, 2.45) is 0 Å². The molecular weight excluding hydrogens is 90.1 g/mol. The number of hydrogen-bond acceptors (Lipinski definition) is 2. The first kappa shape index (κ1) is 6.92. The average Bonchev–Trinajstić information content (AvgIpc) is 1.72. The summed E-state index contributed by atoms with van der Waals surface area (Å²) in [6, 6.07) is 0. The van der Waals surface area contributed by atoms with Gasteiger partial charge in [0, 0.05) is 0 Å². The van der Waals surface area contributed by atoms with E-state index in [1.165, 1.54) is 0 Å². The SMILES string of the molecule is CCN(CC)CO. The van der Waals surface area contributed by atoms with Crippen LogP contribution in [0.5, 0.6) is 0 Å². The third-order valence-electron chi connectivity index (χ3n) is 1.09. The van der Waals surface area contributed by atoms with E-state index >= 15 is 0 Å². The van der Waals surface area contributed by atoms with Crippen LogP contribution in [-0.2, 0) is 0 Å². The molecule has 0 saturated heterocycles. The number of aliphatic hydroxyl groups excluding tert-OH is 1. The highest BCUT2D eigenvalue weighted by molar-refractivity contribution is 4.39. The minimum absolute atomic E-state index is 0.188. The standard InChI is InChI=1S/C5H13NO/c1-3-6(4-2)5-7/h7H,3-5H2,1-2H3. The fourth-order valence-corrected chi connectivity index (χ4v) is 0.424. The molecular formula is C5H13NO. The summed E-state index contributed by atoms with van der Waals surface area (Å²) < 4.78 is 0. The van der Waals surface area contributed by atoms with Crippen molar-refractivity contribution >= 4 is 0 Å². The van der Waals surface area contributed by atoms with Crippen LogP contribution in [0.4, 0.5) is 0 Å². The first-order chi connectivity index (χ1) is 3.35. The highest BCUT2D eigenvalue weighted by atomic mass is 16.3. The van der Waals surface area contributed by atoms with E-state index in [9.17, 15) is 0 Å². The van der Waals surface area contributed by atoms with Gasteiger partial charge in [-0.05, 0) is 13.1 Å². The molecule has 0 saturated carbocycles. The lowest BCUT2D eigenvalue weighted by Crippen LogP contribution is -2.23. The minimum Gasteiger partial charge on any atom is -0.381 e. The summed E-state index contributed by atoms with van der Waals surface area (Å²) >= 11 is 0. The van der Waals surface area contributed by atoms with Crippen molar-refractivity contribution < 1.29 is 5.11 Å². The highest BCUT2D eigenvalue weighted by Gasteiger charge is 1.90. The summed E-state index contributed by atoms with van der Waals surface area (Å²) in [6.07, 6.45) is 0. The molecule has 0 amide bonds. The molecule has 0 aromatic carbocycles.